The SMILES string of the molecule is COc1cc(F)c(-c2nc(C(=O)Nc3cnccc3[C@H]3C[C@@H](N)[C@](C)(O)[C@@H](C)O3)ccc2F)c(F)c1. The number of rotatable bonds is 5. The van der Waals surface area contributed by atoms with Gasteiger partial charge in [0.05, 0.1) is 36.8 Å². The van der Waals surface area contributed by atoms with E-state index in [9.17, 15) is 23.1 Å². The Morgan fingerprint density at radius 3 is 2.56 bits per heavy atom. The van der Waals surface area contributed by atoms with Gasteiger partial charge < -0.3 is 25.6 Å². The molecule has 190 valence electrons. The van der Waals surface area contributed by atoms with E-state index in [2.05, 4.69) is 15.3 Å². The van der Waals surface area contributed by atoms with Gasteiger partial charge in [0.15, 0.2) is 0 Å². The molecule has 2 aromatic heterocycles. The lowest BCUT2D eigenvalue weighted by atomic mass is 9.83. The van der Waals surface area contributed by atoms with Crippen LogP contribution in [-0.2, 0) is 4.74 Å². The molecule has 0 aliphatic carbocycles. The lowest BCUT2D eigenvalue weighted by Crippen LogP contribution is -2.58. The number of methoxy groups -OCH3 is 1. The Bertz CT molecular complexity index is 1270. The molecule has 11 heteroatoms. The standard InChI is InChI=1S/C25H25F3N4O4/c1-12-25(2,34)21(29)10-20(36-12)14-6-7-30-11-19(14)32-24(33)18-5-4-15(26)23(31-18)22-16(27)8-13(35-3)9-17(22)28/h4-9,11-12,20-21,34H,10,29H2,1-3H3,(H,32,33)/t12-,20-,21-,25-/m1/s1. The molecule has 0 bridgehead atoms. The number of pyridine rings is 2. The van der Waals surface area contributed by atoms with Crippen LogP contribution in [0.4, 0.5) is 18.9 Å². The van der Waals surface area contributed by atoms with Crippen LogP contribution in [0.15, 0.2) is 42.7 Å². The third-order valence-corrected chi connectivity index (χ3v) is 6.43. The van der Waals surface area contributed by atoms with Gasteiger partial charge in [0.1, 0.15) is 40.2 Å². The number of nitrogens with two attached hydrogens (primary N) is 1. The zero-order chi connectivity index (χ0) is 26.2. The van der Waals surface area contributed by atoms with Gasteiger partial charge in [-0.25, -0.2) is 18.2 Å². The summed E-state index contributed by atoms with van der Waals surface area (Å²) in [6.07, 6.45) is 2.05. The van der Waals surface area contributed by atoms with Gasteiger partial charge in [0.25, 0.3) is 5.91 Å². The highest BCUT2D eigenvalue weighted by atomic mass is 19.1. The first-order valence-corrected chi connectivity index (χ1v) is 11.1. The van der Waals surface area contributed by atoms with Crippen LogP contribution >= 0.6 is 0 Å². The van der Waals surface area contributed by atoms with Crippen LogP contribution in [0.5, 0.6) is 5.75 Å². The van der Waals surface area contributed by atoms with E-state index in [1.165, 1.54) is 19.5 Å². The van der Waals surface area contributed by atoms with Crippen molar-refractivity contribution in [3.63, 3.8) is 0 Å². The van der Waals surface area contributed by atoms with E-state index in [-0.39, 0.29) is 23.6 Å². The molecule has 8 nitrogen and oxygen atoms in total. The van der Waals surface area contributed by atoms with Crippen LogP contribution < -0.4 is 15.8 Å². The average molecular weight is 502 g/mol. The van der Waals surface area contributed by atoms with Crippen molar-refractivity contribution in [2.24, 2.45) is 5.73 Å². The topological polar surface area (TPSA) is 120 Å². The molecular weight excluding hydrogens is 477 g/mol. The molecule has 1 fully saturated rings. The Morgan fingerprint density at radius 2 is 1.92 bits per heavy atom. The Morgan fingerprint density at radius 1 is 1.22 bits per heavy atom. The first kappa shape index (κ1) is 25.5. The zero-order valence-electron chi connectivity index (χ0n) is 19.8. The van der Waals surface area contributed by atoms with Crippen LogP contribution in [0.3, 0.4) is 0 Å². The summed E-state index contributed by atoms with van der Waals surface area (Å²) in [6, 6.07) is 4.83. The van der Waals surface area contributed by atoms with Crippen molar-refractivity contribution in [3.05, 3.63) is 71.4 Å². The third kappa shape index (κ3) is 4.77. The largest absolute Gasteiger partial charge is 0.497 e. The molecule has 3 aromatic rings. The summed E-state index contributed by atoms with van der Waals surface area (Å²) in [5.41, 5.74) is 4.09. The highest BCUT2D eigenvalue weighted by Crippen LogP contribution is 2.38. The number of carbonyl (C=O) groups is 1. The fourth-order valence-electron chi connectivity index (χ4n) is 4.03. The number of benzene rings is 1. The maximum atomic E-state index is 14.5. The van der Waals surface area contributed by atoms with Crippen molar-refractivity contribution in [1.29, 1.82) is 0 Å². The normalized spacial score (nSPS) is 23.8. The van der Waals surface area contributed by atoms with Crippen molar-refractivity contribution < 1.29 is 32.5 Å². The molecule has 36 heavy (non-hydrogen) atoms. The van der Waals surface area contributed by atoms with E-state index >= 15 is 0 Å². The molecule has 3 heterocycles. The average Bonchev–Trinajstić information content (AvgIpc) is 2.83. The maximum absolute atomic E-state index is 14.5. The van der Waals surface area contributed by atoms with Gasteiger partial charge >= 0.3 is 0 Å². The second kappa shape index (κ2) is 9.84. The van der Waals surface area contributed by atoms with Crippen molar-refractivity contribution in [2.45, 2.75) is 44.1 Å². The van der Waals surface area contributed by atoms with Crippen molar-refractivity contribution in [3.8, 4) is 17.0 Å². The number of hydrogen-bond donors (Lipinski definition) is 3. The van der Waals surface area contributed by atoms with Crippen LogP contribution in [0.1, 0.15) is 42.4 Å². The van der Waals surface area contributed by atoms with Crippen LogP contribution in [-0.4, -0.2) is 45.8 Å². The highest BCUT2D eigenvalue weighted by Gasteiger charge is 2.43. The molecule has 0 unspecified atom stereocenters. The quantitative estimate of drug-likeness (QED) is 0.486. The Labute approximate surface area is 205 Å². The fourth-order valence-corrected chi connectivity index (χ4v) is 4.03. The minimum Gasteiger partial charge on any atom is -0.497 e. The molecule has 0 radical (unpaired) electrons. The highest BCUT2D eigenvalue weighted by molar-refractivity contribution is 6.03. The lowest BCUT2D eigenvalue weighted by Gasteiger charge is -2.44. The number of aromatic nitrogens is 2. The van der Waals surface area contributed by atoms with Gasteiger partial charge in [-0.2, -0.15) is 0 Å². The van der Waals surface area contributed by atoms with E-state index in [0.717, 1.165) is 24.3 Å². The summed E-state index contributed by atoms with van der Waals surface area (Å²) in [5, 5.41) is 13.2. The number of aliphatic hydroxyl groups is 1. The predicted octanol–water partition coefficient (Wildman–Crippen LogP) is 3.75. The van der Waals surface area contributed by atoms with Gasteiger partial charge in [0.2, 0.25) is 0 Å². The third-order valence-electron chi connectivity index (χ3n) is 6.43. The van der Waals surface area contributed by atoms with E-state index in [1.54, 1.807) is 19.9 Å². The van der Waals surface area contributed by atoms with Crippen molar-refractivity contribution in [1.82, 2.24) is 9.97 Å². The molecule has 0 saturated carbocycles. The fraction of sp³-hybridized carbons (Fsp3) is 0.320. The maximum Gasteiger partial charge on any atom is 0.274 e. The first-order chi connectivity index (χ1) is 17.0. The molecule has 4 rings (SSSR count). The van der Waals surface area contributed by atoms with Crippen LogP contribution in [0.25, 0.3) is 11.3 Å². The van der Waals surface area contributed by atoms with Gasteiger partial charge in [0, 0.05) is 29.9 Å². The lowest BCUT2D eigenvalue weighted by molar-refractivity contribution is -0.171. The minimum atomic E-state index is -1.23. The van der Waals surface area contributed by atoms with Gasteiger partial charge in [-0.05, 0) is 38.5 Å². The van der Waals surface area contributed by atoms with Crippen LogP contribution in [0, 0.1) is 17.5 Å². The minimum absolute atomic E-state index is 0.0901. The summed E-state index contributed by atoms with van der Waals surface area (Å²) >= 11 is 0. The predicted molar refractivity (Wildman–Crippen MR) is 125 cm³/mol. The summed E-state index contributed by atoms with van der Waals surface area (Å²) in [7, 11) is 1.24. The summed E-state index contributed by atoms with van der Waals surface area (Å²) in [5.74, 6) is -4.06. The monoisotopic (exact) mass is 502 g/mol. The molecular formula is C25H25F3N4O4. The van der Waals surface area contributed by atoms with Crippen molar-refractivity contribution >= 4 is 11.6 Å². The number of carbonyl (C=O) groups excluding carboxylic acids is 1. The summed E-state index contributed by atoms with van der Waals surface area (Å²) in [6.45, 7) is 3.30. The van der Waals surface area contributed by atoms with Gasteiger partial charge in [-0.1, -0.05) is 0 Å². The van der Waals surface area contributed by atoms with E-state index < -0.39 is 58.5 Å². The second-order valence-electron chi connectivity index (χ2n) is 8.74. The molecule has 4 atom stereocenters. The smallest absolute Gasteiger partial charge is 0.274 e. The second-order valence-corrected chi connectivity index (χ2v) is 8.74. The molecule has 1 saturated heterocycles. The number of anilines is 1. The van der Waals surface area contributed by atoms with E-state index in [4.69, 9.17) is 15.2 Å². The van der Waals surface area contributed by atoms with E-state index in [1.807, 2.05) is 0 Å². The zero-order valence-corrected chi connectivity index (χ0v) is 19.8. The summed E-state index contributed by atoms with van der Waals surface area (Å²) in [4.78, 5) is 20.9. The molecule has 1 aliphatic heterocycles. The van der Waals surface area contributed by atoms with E-state index in [0.29, 0.717) is 5.56 Å². The first-order valence-electron chi connectivity index (χ1n) is 11.1. The van der Waals surface area contributed by atoms with Gasteiger partial charge in [-0.15, -0.1) is 0 Å². The number of nitrogens with zero attached hydrogens (tertiary/aromatic N) is 2. The number of amides is 1. The molecule has 1 amide bonds. The Hall–Kier alpha value is -3.54. The number of nitrogens with one attached hydrogen (secondary N) is 1. The van der Waals surface area contributed by atoms with Gasteiger partial charge in [-0.3, -0.25) is 9.78 Å². The number of ether oxygens (including phenoxy) is 2. The Kier molecular flexibility index (Phi) is 6.98. The molecule has 4 N–H and O–H groups in total. The number of halogens is 3. The Balaban J connectivity index is 1.63. The molecule has 0 spiro atoms. The number of hydrogen-bond acceptors (Lipinski definition) is 7. The molecule has 1 aromatic carbocycles. The van der Waals surface area contributed by atoms with Crippen LogP contribution in [0.2, 0.25) is 0 Å². The molecule has 1 aliphatic rings. The summed E-state index contributed by atoms with van der Waals surface area (Å²) < 4.78 is 54.4. The van der Waals surface area contributed by atoms with Crippen molar-refractivity contribution in [2.75, 3.05) is 12.4 Å².